The van der Waals surface area contributed by atoms with Crippen molar-refractivity contribution in [2.24, 2.45) is 4.99 Å². The van der Waals surface area contributed by atoms with Crippen LogP contribution in [0.4, 0.5) is 5.69 Å². The molecule has 1 heterocycles. The molecule has 1 N–H and O–H groups in total. The highest BCUT2D eigenvalue weighted by Crippen LogP contribution is 2.27. The van der Waals surface area contributed by atoms with Gasteiger partial charge in [-0.1, -0.05) is 17.8 Å². The van der Waals surface area contributed by atoms with Gasteiger partial charge in [0.25, 0.3) is 0 Å². The normalized spacial score (nSPS) is 11.4. The van der Waals surface area contributed by atoms with E-state index in [-0.39, 0.29) is 0 Å². The fourth-order valence-corrected chi connectivity index (χ4v) is 2.27. The first-order valence-corrected chi connectivity index (χ1v) is 6.52. The number of hydrogen-bond acceptors (Lipinski definition) is 5. The zero-order valence-electron chi connectivity index (χ0n) is 8.47. The number of thioether (sulfide) groups is 1. The molecule has 1 aromatic heterocycles. The van der Waals surface area contributed by atoms with Gasteiger partial charge in [-0.3, -0.25) is 5.32 Å². The van der Waals surface area contributed by atoms with Gasteiger partial charge in [0, 0.05) is 10.8 Å². The number of hydrogen-bond donors (Lipinski definition) is 1. The fourth-order valence-electron chi connectivity index (χ4n) is 1.26. The number of nitriles is 1. The maximum Gasteiger partial charge on any atom is 0.183 e. The molecule has 0 atom stereocenters. The van der Waals surface area contributed by atoms with Crippen molar-refractivity contribution in [1.82, 2.24) is 9.69 Å². The summed E-state index contributed by atoms with van der Waals surface area (Å²) in [6, 6.07) is 5.76. The van der Waals surface area contributed by atoms with Gasteiger partial charge in [0.1, 0.15) is 0 Å². The minimum atomic E-state index is 0.584. The summed E-state index contributed by atoms with van der Waals surface area (Å²) in [5.74, 6) is 0. The summed E-state index contributed by atoms with van der Waals surface area (Å²) >= 11 is 2.80. The van der Waals surface area contributed by atoms with Crippen molar-refractivity contribution in [3.05, 3.63) is 23.6 Å². The molecule has 16 heavy (non-hydrogen) atoms. The molecule has 0 saturated heterocycles. The smallest absolute Gasteiger partial charge is 0.183 e. The molecule has 0 aliphatic heterocycles. The van der Waals surface area contributed by atoms with Crippen LogP contribution in [-0.2, 0) is 0 Å². The molecule has 80 valence electrons. The highest BCUT2D eigenvalue weighted by atomic mass is 32.2. The maximum atomic E-state index is 8.55. The van der Waals surface area contributed by atoms with Crippen molar-refractivity contribution in [2.45, 2.75) is 0 Å². The first kappa shape index (κ1) is 10.9. The summed E-state index contributed by atoms with van der Waals surface area (Å²) < 4.78 is 4.24. The van der Waals surface area contributed by atoms with Gasteiger partial charge in [-0.25, -0.2) is 4.99 Å². The minimum absolute atomic E-state index is 0.584. The first-order valence-electron chi connectivity index (χ1n) is 4.46. The summed E-state index contributed by atoms with van der Waals surface area (Å²) in [7, 11) is 0. The molecular weight excluding hydrogens is 240 g/mol. The molecule has 2 aromatic rings. The van der Waals surface area contributed by atoms with Gasteiger partial charge < -0.3 is 0 Å². The van der Waals surface area contributed by atoms with Crippen LogP contribution in [0.25, 0.3) is 10.9 Å². The monoisotopic (exact) mass is 248 g/mol. The van der Waals surface area contributed by atoms with E-state index in [4.69, 9.17) is 5.26 Å². The van der Waals surface area contributed by atoms with Crippen LogP contribution < -0.4 is 5.32 Å². The Morgan fingerprint density at radius 2 is 2.50 bits per heavy atom. The molecule has 2 rings (SSSR count). The van der Waals surface area contributed by atoms with Crippen molar-refractivity contribution < 1.29 is 0 Å². The molecule has 1 aromatic carbocycles. The average molecular weight is 248 g/mol. The molecule has 4 nitrogen and oxygen atoms in total. The molecule has 0 bridgehead atoms. The molecule has 0 unspecified atom stereocenters. The average Bonchev–Trinajstić information content (AvgIpc) is 2.77. The number of rotatable bonds is 1. The first-order chi connectivity index (χ1) is 7.85. The predicted molar refractivity (Wildman–Crippen MR) is 69.0 cm³/mol. The number of benzene rings is 1. The van der Waals surface area contributed by atoms with Crippen LogP contribution in [0.2, 0.25) is 0 Å². The quantitative estimate of drug-likeness (QED) is 0.365. The van der Waals surface area contributed by atoms with E-state index >= 15 is 0 Å². The van der Waals surface area contributed by atoms with Crippen molar-refractivity contribution in [3.63, 3.8) is 0 Å². The molecule has 0 aliphatic carbocycles. The van der Waals surface area contributed by atoms with Gasteiger partial charge in [0.05, 0.1) is 11.2 Å². The van der Waals surface area contributed by atoms with E-state index in [2.05, 4.69) is 14.7 Å². The van der Waals surface area contributed by atoms with Gasteiger partial charge in [-0.2, -0.15) is 9.64 Å². The molecule has 0 spiro atoms. The number of nitrogens with zero attached hydrogens (tertiary/aromatic N) is 3. The zero-order valence-corrected chi connectivity index (χ0v) is 10.1. The summed E-state index contributed by atoms with van der Waals surface area (Å²) in [4.78, 5) is 4.38. The van der Waals surface area contributed by atoms with E-state index in [0.717, 1.165) is 16.6 Å². The van der Waals surface area contributed by atoms with Gasteiger partial charge in [-0.15, -0.1) is 0 Å². The second-order valence-electron chi connectivity index (χ2n) is 2.88. The van der Waals surface area contributed by atoms with Gasteiger partial charge in [-0.05, 0) is 29.9 Å². The Hall–Kier alpha value is -1.58. The summed E-state index contributed by atoms with van der Waals surface area (Å²) in [5, 5.41) is 14.6. The maximum absolute atomic E-state index is 8.55. The zero-order chi connectivity index (χ0) is 11.4. The van der Waals surface area contributed by atoms with Crippen molar-refractivity contribution in [3.8, 4) is 6.19 Å². The van der Waals surface area contributed by atoms with Crippen LogP contribution in [0, 0.1) is 11.5 Å². The highest BCUT2D eigenvalue weighted by molar-refractivity contribution is 8.13. The van der Waals surface area contributed by atoms with E-state index in [1.54, 1.807) is 0 Å². The lowest BCUT2D eigenvalue weighted by Crippen LogP contribution is -2.12. The Labute approximate surface area is 101 Å². The number of aromatic nitrogens is 1. The Morgan fingerprint density at radius 1 is 1.62 bits per heavy atom. The van der Waals surface area contributed by atoms with E-state index in [1.807, 2.05) is 36.0 Å². The molecule has 6 heteroatoms. The summed E-state index contributed by atoms with van der Waals surface area (Å²) in [6.07, 6.45) is 3.74. The fraction of sp³-hybridized carbons (Fsp3) is 0.100. The third kappa shape index (κ3) is 2.15. The molecule has 0 fully saturated rings. The van der Waals surface area contributed by atoms with E-state index < -0.39 is 0 Å². The lowest BCUT2D eigenvalue weighted by molar-refractivity contribution is 1.28. The standard InChI is InChI=1S/C10H8N4S2/c1-15-10(12-6-11)13-8-3-2-4-9-7(8)5-16-14-9/h2-5H,1H3,(H,12,13). The van der Waals surface area contributed by atoms with Crippen molar-refractivity contribution >= 4 is 45.1 Å². The van der Waals surface area contributed by atoms with Gasteiger partial charge in [0.2, 0.25) is 0 Å². The minimum Gasteiger partial charge on any atom is -0.271 e. The van der Waals surface area contributed by atoms with Crippen molar-refractivity contribution in [2.75, 3.05) is 6.26 Å². The molecule has 0 amide bonds. The van der Waals surface area contributed by atoms with Crippen LogP contribution in [0.1, 0.15) is 0 Å². The van der Waals surface area contributed by atoms with E-state index in [9.17, 15) is 0 Å². The Morgan fingerprint density at radius 3 is 3.25 bits per heavy atom. The number of fused-ring (bicyclic) bond motifs is 1. The topological polar surface area (TPSA) is 61.1 Å². The molecule has 0 saturated carbocycles. The van der Waals surface area contributed by atoms with Crippen LogP contribution >= 0.6 is 23.3 Å². The Balaban J connectivity index is 2.47. The number of aliphatic imine (C=N–C) groups is 1. The number of nitrogens with one attached hydrogen (secondary N) is 1. The highest BCUT2D eigenvalue weighted by Gasteiger charge is 2.03. The van der Waals surface area contributed by atoms with Gasteiger partial charge >= 0.3 is 0 Å². The largest absolute Gasteiger partial charge is 0.271 e. The Bertz CT molecular complexity index is 567. The Kier molecular flexibility index (Phi) is 3.39. The molecule has 0 aliphatic rings. The lowest BCUT2D eigenvalue weighted by atomic mass is 10.2. The lowest BCUT2D eigenvalue weighted by Gasteiger charge is -2.00. The third-order valence-corrected chi connectivity index (χ3v) is 3.18. The van der Waals surface area contributed by atoms with Crippen LogP contribution in [0.5, 0.6) is 0 Å². The molecular formula is C10H8N4S2. The van der Waals surface area contributed by atoms with E-state index in [0.29, 0.717) is 5.17 Å². The van der Waals surface area contributed by atoms with Crippen LogP contribution in [-0.4, -0.2) is 15.8 Å². The summed E-state index contributed by atoms with van der Waals surface area (Å²) in [5.41, 5.74) is 1.77. The second kappa shape index (κ2) is 4.96. The van der Waals surface area contributed by atoms with Crippen LogP contribution in [0.15, 0.2) is 28.6 Å². The SMILES string of the molecule is CSC(=Nc1cccc2nscc12)NC#N. The van der Waals surface area contributed by atoms with E-state index in [1.165, 1.54) is 23.3 Å². The molecule has 0 radical (unpaired) electrons. The second-order valence-corrected chi connectivity index (χ2v) is 4.31. The summed E-state index contributed by atoms with van der Waals surface area (Å²) in [6.45, 7) is 0. The third-order valence-electron chi connectivity index (χ3n) is 1.96. The predicted octanol–water partition coefficient (Wildman–Crippen LogP) is 2.72. The van der Waals surface area contributed by atoms with Crippen LogP contribution in [0.3, 0.4) is 0 Å². The number of amidine groups is 1. The van der Waals surface area contributed by atoms with Crippen molar-refractivity contribution in [1.29, 1.82) is 5.26 Å². The van der Waals surface area contributed by atoms with Gasteiger partial charge in [0.15, 0.2) is 11.4 Å².